The summed E-state index contributed by atoms with van der Waals surface area (Å²) in [5, 5.41) is 6.61. The SMILES string of the molecule is C[C@H](NCc1cc(OCc2cccc(F)c2)no1)C(N)=O. The predicted octanol–water partition coefficient (Wildman–Crippen LogP) is 1.36. The van der Waals surface area contributed by atoms with E-state index in [1.54, 1.807) is 25.1 Å². The van der Waals surface area contributed by atoms with Gasteiger partial charge in [0.05, 0.1) is 12.6 Å². The highest BCUT2D eigenvalue weighted by Crippen LogP contribution is 2.14. The minimum Gasteiger partial charge on any atom is -0.471 e. The maximum atomic E-state index is 13.0. The molecule has 0 unspecified atom stereocenters. The first-order valence-corrected chi connectivity index (χ1v) is 6.40. The molecular formula is C14H16FN3O3. The fraction of sp³-hybridized carbons (Fsp3) is 0.286. The summed E-state index contributed by atoms with van der Waals surface area (Å²) in [4.78, 5) is 10.9. The van der Waals surface area contributed by atoms with E-state index >= 15 is 0 Å². The summed E-state index contributed by atoms with van der Waals surface area (Å²) < 4.78 is 23.4. The molecule has 3 N–H and O–H groups in total. The van der Waals surface area contributed by atoms with Gasteiger partial charge in [0.25, 0.3) is 5.88 Å². The van der Waals surface area contributed by atoms with Crippen molar-refractivity contribution in [2.75, 3.05) is 0 Å². The molecule has 0 radical (unpaired) electrons. The lowest BCUT2D eigenvalue weighted by atomic mass is 10.2. The zero-order valence-electron chi connectivity index (χ0n) is 11.5. The normalized spacial score (nSPS) is 12.1. The molecule has 7 heteroatoms. The fourth-order valence-corrected chi connectivity index (χ4v) is 1.58. The van der Waals surface area contributed by atoms with E-state index in [2.05, 4.69) is 10.5 Å². The van der Waals surface area contributed by atoms with Gasteiger partial charge in [-0.05, 0) is 29.8 Å². The van der Waals surface area contributed by atoms with Crippen molar-refractivity contribution in [2.24, 2.45) is 5.73 Å². The Morgan fingerprint density at radius 1 is 1.52 bits per heavy atom. The van der Waals surface area contributed by atoms with Crippen molar-refractivity contribution in [3.63, 3.8) is 0 Å². The van der Waals surface area contributed by atoms with Gasteiger partial charge < -0.3 is 15.0 Å². The van der Waals surface area contributed by atoms with Gasteiger partial charge in [-0.25, -0.2) is 4.39 Å². The smallest absolute Gasteiger partial charge is 0.254 e. The zero-order valence-corrected chi connectivity index (χ0v) is 11.5. The van der Waals surface area contributed by atoms with Crippen LogP contribution in [0.4, 0.5) is 4.39 Å². The molecule has 0 spiro atoms. The lowest BCUT2D eigenvalue weighted by Gasteiger charge is -2.06. The summed E-state index contributed by atoms with van der Waals surface area (Å²) in [5.41, 5.74) is 5.82. The molecular weight excluding hydrogens is 277 g/mol. The standard InChI is InChI=1S/C14H16FN3O3/c1-9(14(16)19)17-7-12-6-13(18-21-12)20-8-10-3-2-4-11(15)5-10/h2-6,9,17H,7-8H2,1H3,(H2,16,19)/t9-/m0/s1. The van der Waals surface area contributed by atoms with Gasteiger partial charge in [-0.3, -0.25) is 10.1 Å². The molecule has 2 rings (SSSR count). The summed E-state index contributed by atoms with van der Waals surface area (Å²) in [6, 6.07) is 7.24. The molecule has 21 heavy (non-hydrogen) atoms. The molecule has 1 amide bonds. The minimum atomic E-state index is -0.466. The second kappa shape index (κ2) is 6.85. The van der Waals surface area contributed by atoms with Crippen LogP contribution in [0.15, 0.2) is 34.9 Å². The predicted molar refractivity (Wildman–Crippen MR) is 72.7 cm³/mol. The van der Waals surface area contributed by atoms with Gasteiger partial charge in [0, 0.05) is 6.07 Å². The van der Waals surface area contributed by atoms with Crippen LogP contribution in [0.2, 0.25) is 0 Å². The number of primary amides is 1. The quantitative estimate of drug-likeness (QED) is 0.804. The number of ether oxygens (including phenoxy) is 1. The van der Waals surface area contributed by atoms with Crippen LogP contribution in [-0.4, -0.2) is 17.1 Å². The first-order chi connectivity index (χ1) is 10.0. The van der Waals surface area contributed by atoms with Crippen molar-refractivity contribution >= 4 is 5.91 Å². The Morgan fingerprint density at radius 3 is 3.05 bits per heavy atom. The molecule has 0 saturated carbocycles. The number of carbonyl (C=O) groups is 1. The number of rotatable bonds is 7. The molecule has 0 aliphatic rings. The maximum Gasteiger partial charge on any atom is 0.254 e. The van der Waals surface area contributed by atoms with Gasteiger partial charge in [-0.15, -0.1) is 0 Å². The fourth-order valence-electron chi connectivity index (χ4n) is 1.58. The average Bonchev–Trinajstić information content (AvgIpc) is 2.90. The Hall–Kier alpha value is -2.41. The lowest BCUT2D eigenvalue weighted by molar-refractivity contribution is -0.119. The van der Waals surface area contributed by atoms with Gasteiger partial charge in [0.15, 0.2) is 5.76 Å². The van der Waals surface area contributed by atoms with E-state index in [0.717, 1.165) is 0 Å². The van der Waals surface area contributed by atoms with Crippen LogP contribution in [0.1, 0.15) is 18.2 Å². The molecule has 1 heterocycles. The molecule has 1 atom stereocenters. The van der Waals surface area contributed by atoms with Crippen molar-refractivity contribution in [1.82, 2.24) is 10.5 Å². The van der Waals surface area contributed by atoms with E-state index < -0.39 is 11.9 Å². The van der Waals surface area contributed by atoms with Crippen molar-refractivity contribution in [1.29, 1.82) is 0 Å². The molecule has 0 aliphatic carbocycles. The van der Waals surface area contributed by atoms with Gasteiger partial charge in [-0.2, -0.15) is 0 Å². The highest BCUT2D eigenvalue weighted by molar-refractivity contribution is 5.79. The Labute approximate surface area is 121 Å². The summed E-state index contributed by atoms with van der Waals surface area (Å²) in [5.74, 6) is 0.0406. The number of hydrogen-bond donors (Lipinski definition) is 2. The van der Waals surface area contributed by atoms with E-state index in [-0.39, 0.29) is 12.4 Å². The number of halogens is 1. The van der Waals surface area contributed by atoms with Gasteiger partial charge >= 0.3 is 0 Å². The Bertz CT molecular complexity index is 615. The van der Waals surface area contributed by atoms with E-state index in [9.17, 15) is 9.18 Å². The van der Waals surface area contributed by atoms with Gasteiger partial charge in [0.2, 0.25) is 5.91 Å². The van der Waals surface area contributed by atoms with Crippen molar-refractivity contribution in [3.8, 4) is 5.88 Å². The largest absolute Gasteiger partial charge is 0.471 e. The second-order valence-electron chi connectivity index (χ2n) is 4.56. The van der Waals surface area contributed by atoms with Crippen molar-refractivity contribution in [2.45, 2.75) is 26.1 Å². The molecule has 1 aromatic carbocycles. The van der Waals surface area contributed by atoms with Crippen LogP contribution in [0.25, 0.3) is 0 Å². The van der Waals surface area contributed by atoms with E-state index in [4.69, 9.17) is 15.0 Å². The van der Waals surface area contributed by atoms with Crippen LogP contribution >= 0.6 is 0 Å². The molecule has 6 nitrogen and oxygen atoms in total. The zero-order chi connectivity index (χ0) is 15.2. The summed E-state index contributed by atoms with van der Waals surface area (Å²) >= 11 is 0. The first kappa shape index (κ1) is 15.0. The van der Waals surface area contributed by atoms with Crippen LogP contribution in [-0.2, 0) is 17.9 Å². The molecule has 0 saturated heterocycles. The number of hydrogen-bond acceptors (Lipinski definition) is 5. The van der Waals surface area contributed by atoms with Crippen LogP contribution in [0.3, 0.4) is 0 Å². The third kappa shape index (κ3) is 4.57. The number of nitrogens with two attached hydrogens (primary N) is 1. The van der Waals surface area contributed by atoms with Gasteiger partial charge in [0.1, 0.15) is 12.4 Å². The molecule has 1 aromatic heterocycles. The topological polar surface area (TPSA) is 90.4 Å². The summed E-state index contributed by atoms with van der Waals surface area (Å²) in [6.45, 7) is 2.15. The van der Waals surface area contributed by atoms with Crippen LogP contribution < -0.4 is 15.8 Å². The van der Waals surface area contributed by atoms with E-state index in [1.165, 1.54) is 12.1 Å². The Balaban J connectivity index is 1.84. The van der Waals surface area contributed by atoms with Crippen LogP contribution in [0, 0.1) is 5.82 Å². The molecule has 0 fully saturated rings. The third-order valence-electron chi connectivity index (χ3n) is 2.82. The van der Waals surface area contributed by atoms with Gasteiger partial charge in [-0.1, -0.05) is 12.1 Å². The number of amides is 1. The maximum absolute atomic E-state index is 13.0. The molecule has 0 aliphatic heterocycles. The third-order valence-corrected chi connectivity index (χ3v) is 2.82. The van der Waals surface area contributed by atoms with E-state index in [1.807, 2.05) is 0 Å². The number of benzene rings is 1. The minimum absolute atomic E-state index is 0.189. The highest BCUT2D eigenvalue weighted by Gasteiger charge is 2.10. The highest BCUT2D eigenvalue weighted by atomic mass is 19.1. The molecule has 2 aromatic rings. The molecule has 112 valence electrons. The summed E-state index contributed by atoms with van der Waals surface area (Å²) in [6.07, 6.45) is 0. The Morgan fingerprint density at radius 2 is 2.33 bits per heavy atom. The van der Waals surface area contributed by atoms with Crippen molar-refractivity contribution < 1.29 is 18.4 Å². The second-order valence-corrected chi connectivity index (χ2v) is 4.56. The molecule has 0 bridgehead atoms. The van der Waals surface area contributed by atoms with Crippen molar-refractivity contribution in [3.05, 3.63) is 47.5 Å². The monoisotopic (exact) mass is 293 g/mol. The lowest BCUT2D eigenvalue weighted by Crippen LogP contribution is -2.38. The number of carbonyl (C=O) groups excluding carboxylic acids is 1. The number of nitrogens with one attached hydrogen (secondary N) is 1. The number of nitrogens with zero attached hydrogens (tertiary/aromatic N) is 1. The summed E-state index contributed by atoms with van der Waals surface area (Å²) in [7, 11) is 0. The van der Waals surface area contributed by atoms with E-state index in [0.29, 0.717) is 23.7 Å². The first-order valence-electron chi connectivity index (χ1n) is 6.40. The van der Waals surface area contributed by atoms with Crippen LogP contribution in [0.5, 0.6) is 5.88 Å². The number of aromatic nitrogens is 1. The Kier molecular flexibility index (Phi) is 4.89. The average molecular weight is 293 g/mol.